The molecule has 0 bridgehead atoms. The monoisotopic (exact) mass is 299 g/mol. The van der Waals surface area contributed by atoms with Crippen LogP contribution in [0.5, 0.6) is 0 Å². The van der Waals surface area contributed by atoms with Crippen molar-refractivity contribution >= 4 is 16.5 Å². The van der Waals surface area contributed by atoms with Gasteiger partial charge in [-0.15, -0.1) is 16.3 Å². The summed E-state index contributed by atoms with van der Waals surface area (Å²) >= 11 is 1.60. The second-order valence-electron chi connectivity index (χ2n) is 5.81. The van der Waals surface area contributed by atoms with E-state index in [2.05, 4.69) is 15.2 Å². The van der Waals surface area contributed by atoms with E-state index >= 15 is 0 Å². The molecule has 2 heterocycles. The van der Waals surface area contributed by atoms with Crippen LogP contribution in [0.1, 0.15) is 27.2 Å². The molecule has 0 aromatic carbocycles. The molecule has 7 nitrogen and oxygen atoms in total. The molecule has 0 spiro atoms. The van der Waals surface area contributed by atoms with Gasteiger partial charge in [0.05, 0.1) is 24.1 Å². The van der Waals surface area contributed by atoms with E-state index in [1.165, 1.54) is 5.01 Å². The van der Waals surface area contributed by atoms with E-state index in [9.17, 15) is 5.21 Å². The standard InChI is InChI=1S/C12H21N5O2S/c1-12(2,3)15(4)17(18)14-19-10-5-7-16(9-10)11-13-6-8-20-11/h6,8,10H,5,7,9H2,1-4H3/b17-14+/t10-/m1/s1. The van der Waals surface area contributed by atoms with Crippen molar-refractivity contribution in [2.45, 2.75) is 38.8 Å². The van der Waals surface area contributed by atoms with Crippen LogP contribution in [0.4, 0.5) is 5.13 Å². The van der Waals surface area contributed by atoms with Crippen molar-refractivity contribution in [2.24, 2.45) is 5.28 Å². The number of rotatable bonds is 4. The molecule has 0 N–H and O–H groups in total. The molecule has 0 unspecified atom stereocenters. The Bertz CT molecular complexity index is 457. The van der Waals surface area contributed by atoms with Gasteiger partial charge in [-0.2, -0.15) is 0 Å². The molecule has 2 rings (SSSR count). The summed E-state index contributed by atoms with van der Waals surface area (Å²) in [6, 6.07) is 0. The fraction of sp³-hybridized carbons (Fsp3) is 0.750. The normalized spacial score (nSPS) is 20.3. The highest BCUT2D eigenvalue weighted by Crippen LogP contribution is 2.23. The molecule has 1 atom stereocenters. The maximum atomic E-state index is 11.8. The zero-order chi connectivity index (χ0) is 14.8. The van der Waals surface area contributed by atoms with Gasteiger partial charge in [0.2, 0.25) is 5.28 Å². The van der Waals surface area contributed by atoms with Crippen molar-refractivity contribution in [3.05, 3.63) is 16.8 Å². The number of hydrogen-bond donors (Lipinski definition) is 0. The van der Waals surface area contributed by atoms with E-state index in [0.29, 0.717) is 11.5 Å². The molecule has 0 aliphatic carbocycles. The van der Waals surface area contributed by atoms with E-state index in [-0.39, 0.29) is 11.6 Å². The van der Waals surface area contributed by atoms with Crippen LogP contribution in [0.25, 0.3) is 0 Å². The van der Waals surface area contributed by atoms with Gasteiger partial charge in [0, 0.05) is 24.5 Å². The summed E-state index contributed by atoms with van der Waals surface area (Å²) in [4.78, 5) is 12.3. The lowest BCUT2D eigenvalue weighted by Gasteiger charge is -2.26. The summed E-state index contributed by atoms with van der Waals surface area (Å²) in [5, 5.41) is 19.9. The Morgan fingerprint density at radius 3 is 2.95 bits per heavy atom. The Balaban J connectivity index is 1.86. The summed E-state index contributed by atoms with van der Waals surface area (Å²) in [5.74, 6) is 0. The topological polar surface area (TPSA) is 67.0 Å². The summed E-state index contributed by atoms with van der Waals surface area (Å²) in [6.45, 7) is 7.40. The predicted molar refractivity (Wildman–Crippen MR) is 77.4 cm³/mol. The summed E-state index contributed by atoms with van der Waals surface area (Å²) in [5.41, 5.74) is -0.294. The van der Waals surface area contributed by atoms with Gasteiger partial charge >= 0.3 is 0 Å². The minimum absolute atomic E-state index is 0.0660. The van der Waals surface area contributed by atoms with Gasteiger partial charge in [-0.25, -0.2) is 4.98 Å². The van der Waals surface area contributed by atoms with Crippen LogP contribution >= 0.6 is 11.3 Å². The Morgan fingerprint density at radius 2 is 2.35 bits per heavy atom. The molecule has 8 heteroatoms. The van der Waals surface area contributed by atoms with Gasteiger partial charge in [0.1, 0.15) is 0 Å². The number of aromatic nitrogens is 1. The zero-order valence-corrected chi connectivity index (χ0v) is 13.1. The fourth-order valence-corrected chi connectivity index (χ4v) is 2.46. The van der Waals surface area contributed by atoms with Crippen LogP contribution in [0, 0.1) is 5.21 Å². The van der Waals surface area contributed by atoms with Crippen LogP contribution in [0.3, 0.4) is 0 Å². The van der Waals surface area contributed by atoms with Crippen molar-refractivity contribution in [1.29, 1.82) is 0 Å². The fourth-order valence-electron chi connectivity index (χ4n) is 1.78. The first-order valence-electron chi connectivity index (χ1n) is 6.60. The summed E-state index contributed by atoms with van der Waals surface area (Å²) in [6.07, 6.45) is 2.57. The average molecular weight is 299 g/mol. The van der Waals surface area contributed by atoms with Gasteiger partial charge in [0.15, 0.2) is 11.2 Å². The number of hydrogen-bond acceptors (Lipinski definition) is 6. The molecule has 112 valence electrons. The maximum Gasteiger partial charge on any atom is 0.233 e. The molecule has 0 amide bonds. The van der Waals surface area contributed by atoms with Crippen molar-refractivity contribution in [3.8, 4) is 0 Å². The SMILES string of the molecule is CN(/[N+]([O-])=N\O[C@@H]1CCN(c2nccs2)C1)C(C)(C)C. The lowest BCUT2D eigenvalue weighted by atomic mass is 10.1. The van der Waals surface area contributed by atoms with Gasteiger partial charge < -0.3 is 14.9 Å². The molecule has 1 aliphatic heterocycles. The molecule has 1 saturated heterocycles. The second-order valence-corrected chi connectivity index (χ2v) is 6.68. The van der Waals surface area contributed by atoms with E-state index in [0.717, 1.165) is 18.1 Å². The molecular formula is C12H21N5O2S. The van der Waals surface area contributed by atoms with Crippen LogP contribution < -0.4 is 4.90 Å². The van der Waals surface area contributed by atoms with E-state index in [1.807, 2.05) is 26.2 Å². The van der Waals surface area contributed by atoms with Crippen molar-refractivity contribution in [2.75, 3.05) is 25.0 Å². The van der Waals surface area contributed by atoms with Crippen LogP contribution in [-0.4, -0.2) is 46.7 Å². The molecule has 20 heavy (non-hydrogen) atoms. The predicted octanol–water partition coefficient (Wildman–Crippen LogP) is 2.26. The highest BCUT2D eigenvalue weighted by atomic mass is 32.1. The van der Waals surface area contributed by atoms with Crippen molar-refractivity contribution in [3.63, 3.8) is 0 Å². The summed E-state index contributed by atoms with van der Waals surface area (Å²) in [7, 11) is 1.69. The highest BCUT2D eigenvalue weighted by molar-refractivity contribution is 7.13. The minimum Gasteiger partial charge on any atom is -0.569 e. The number of thiazole rings is 1. The van der Waals surface area contributed by atoms with Gasteiger partial charge in [-0.1, -0.05) is 0 Å². The first-order chi connectivity index (χ1) is 9.38. The zero-order valence-electron chi connectivity index (χ0n) is 12.3. The third-order valence-corrected chi connectivity index (χ3v) is 4.16. The van der Waals surface area contributed by atoms with E-state index < -0.39 is 0 Å². The van der Waals surface area contributed by atoms with Gasteiger partial charge in [-0.05, 0) is 20.8 Å². The Kier molecular flexibility index (Phi) is 4.32. The Labute approximate surface area is 123 Å². The lowest BCUT2D eigenvalue weighted by molar-refractivity contribution is -0.720. The third-order valence-electron chi connectivity index (χ3n) is 3.33. The number of hydrazine groups is 1. The Hall–Kier alpha value is -1.57. The minimum atomic E-state index is -0.294. The molecule has 0 radical (unpaired) electrons. The van der Waals surface area contributed by atoms with Crippen LogP contribution in [0.15, 0.2) is 16.9 Å². The molecular weight excluding hydrogens is 278 g/mol. The Morgan fingerprint density at radius 1 is 1.60 bits per heavy atom. The van der Waals surface area contributed by atoms with Gasteiger partial charge in [0.25, 0.3) is 0 Å². The molecule has 1 aliphatic rings. The maximum absolute atomic E-state index is 11.8. The molecule has 1 aromatic rings. The largest absolute Gasteiger partial charge is 0.569 e. The van der Waals surface area contributed by atoms with Gasteiger partial charge in [-0.3, -0.25) is 0 Å². The number of anilines is 1. The second kappa shape index (κ2) is 5.82. The summed E-state index contributed by atoms with van der Waals surface area (Å²) < 4.78 is 0. The smallest absolute Gasteiger partial charge is 0.233 e. The van der Waals surface area contributed by atoms with Crippen LogP contribution in [-0.2, 0) is 4.84 Å². The van der Waals surface area contributed by atoms with E-state index in [4.69, 9.17) is 4.84 Å². The molecule has 1 aromatic heterocycles. The first-order valence-corrected chi connectivity index (χ1v) is 7.48. The molecule has 0 saturated carbocycles. The molecule has 1 fully saturated rings. The quantitative estimate of drug-likeness (QED) is 0.484. The van der Waals surface area contributed by atoms with Crippen molar-refractivity contribution < 1.29 is 9.81 Å². The average Bonchev–Trinajstić information content (AvgIpc) is 3.04. The lowest BCUT2D eigenvalue weighted by Crippen LogP contribution is -2.42. The van der Waals surface area contributed by atoms with Crippen LogP contribution in [0.2, 0.25) is 0 Å². The first kappa shape index (κ1) is 14.8. The highest BCUT2D eigenvalue weighted by Gasteiger charge is 2.28. The van der Waals surface area contributed by atoms with E-state index in [1.54, 1.807) is 24.6 Å². The third kappa shape index (κ3) is 3.50. The number of nitrogens with zero attached hydrogens (tertiary/aromatic N) is 5. The van der Waals surface area contributed by atoms with Crippen molar-refractivity contribution in [1.82, 2.24) is 9.99 Å².